The number of halogens is 1. The lowest BCUT2D eigenvalue weighted by atomic mass is 9.98. The molecule has 0 radical (unpaired) electrons. The Morgan fingerprint density at radius 3 is 2.48 bits per heavy atom. The highest BCUT2D eigenvalue weighted by molar-refractivity contribution is 5.37. The van der Waals surface area contributed by atoms with Gasteiger partial charge in [0.05, 0.1) is 7.11 Å². The predicted octanol–water partition coefficient (Wildman–Crippen LogP) is 2.76. The molecule has 0 aliphatic carbocycles. The maximum absolute atomic E-state index is 12.9. The van der Waals surface area contributed by atoms with Crippen molar-refractivity contribution in [3.8, 4) is 5.75 Å². The largest absolute Gasteiger partial charge is 0.496 e. The van der Waals surface area contributed by atoms with Crippen LogP contribution in [0.2, 0.25) is 0 Å². The molecule has 0 saturated carbocycles. The van der Waals surface area contributed by atoms with Crippen LogP contribution in [0.5, 0.6) is 5.75 Å². The van der Waals surface area contributed by atoms with Gasteiger partial charge in [-0.2, -0.15) is 0 Å². The molecule has 1 atom stereocenters. The van der Waals surface area contributed by atoms with E-state index in [1.165, 1.54) is 17.7 Å². The molecule has 3 nitrogen and oxygen atoms in total. The van der Waals surface area contributed by atoms with E-state index in [0.717, 1.165) is 29.7 Å². The predicted molar refractivity (Wildman–Crippen MR) is 82.7 cm³/mol. The smallest absolute Gasteiger partial charge is 0.123 e. The summed E-state index contributed by atoms with van der Waals surface area (Å²) in [5.41, 5.74) is 6.18. The number of aryl methyl sites for hydroxylation is 1. The molecular formula is C17H21FN2O. The van der Waals surface area contributed by atoms with E-state index >= 15 is 0 Å². The molecule has 0 aromatic heterocycles. The van der Waals surface area contributed by atoms with Gasteiger partial charge >= 0.3 is 0 Å². The molecule has 2 aromatic rings. The molecule has 112 valence electrons. The molecule has 0 fully saturated rings. The summed E-state index contributed by atoms with van der Waals surface area (Å²) in [5, 5.41) is 0. The third-order valence-corrected chi connectivity index (χ3v) is 3.53. The minimum atomic E-state index is -0.226. The van der Waals surface area contributed by atoms with E-state index in [1.54, 1.807) is 19.2 Å². The SMILES string of the molecule is COc1ccc(C)cc1CC(Cc1ccc(F)cc1)NN. The quantitative estimate of drug-likeness (QED) is 0.635. The summed E-state index contributed by atoms with van der Waals surface area (Å²) in [6.07, 6.45) is 1.48. The van der Waals surface area contributed by atoms with Crippen molar-refractivity contribution in [1.29, 1.82) is 0 Å². The Kier molecular flexibility index (Phi) is 5.31. The number of hydrogen-bond acceptors (Lipinski definition) is 3. The third-order valence-electron chi connectivity index (χ3n) is 3.53. The van der Waals surface area contributed by atoms with Crippen LogP contribution in [-0.2, 0) is 12.8 Å². The number of benzene rings is 2. The maximum atomic E-state index is 12.9. The second kappa shape index (κ2) is 7.20. The van der Waals surface area contributed by atoms with E-state index < -0.39 is 0 Å². The number of rotatable bonds is 6. The fourth-order valence-electron chi connectivity index (χ4n) is 2.43. The molecule has 0 amide bonds. The summed E-state index contributed by atoms with van der Waals surface area (Å²) >= 11 is 0. The number of nitrogens with one attached hydrogen (secondary N) is 1. The van der Waals surface area contributed by atoms with Crippen molar-refractivity contribution in [3.63, 3.8) is 0 Å². The van der Waals surface area contributed by atoms with Gasteiger partial charge < -0.3 is 4.74 Å². The fraction of sp³-hybridized carbons (Fsp3) is 0.294. The van der Waals surface area contributed by atoms with Crippen LogP contribution < -0.4 is 16.0 Å². The number of hydrogen-bond donors (Lipinski definition) is 2. The van der Waals surface area contributed by atoms with Crippen molar-refractivity contribution in [1.82, 2.24) is 5.43 Å². The zero-order valence-corrected chi connectivity index (χ0v) is 12.4. The van der Waals surface area contributed by atoms with Crippen LogP contribution in [0.25, 0.3) is 0 Å². The lowest BCUT2D eigenvalue weighted by Gasteiger charge is -2.18. The van der Waals surface area contributed by atoms with E-state index in [4.69, 9.17) is 10.6 Å². The average molecular weight is 288 g/mol. The standard InChI is InChI=1S/C17H21FN2O/c1-12-3-8-17(21-2)14(9-12)11-16(20-19)10-13-4-6-15(18)7-5-13/h3-9,16,20H,10-11,19H2,1-2H3. The first-order valence-corrected chi connectivity index (χ1v) is 6.96. The van der Waals surface area contributed by atoms with Gasteiger partial charge in [-0.05, 0) is 49.1 Å². The van der Waals surface area contributed by atoms with Crippen molar-refractivity contribution < 1.29 is 9.13 Å². The van der Waals surface area contributed by atoms with Gasteiger partial charge in [0.15, 0.2) is 0 Å². The minimum Gasteiger partial charge on any atom is -0.496 e. The molecule has 0 spiro atoms. The van der Waals surface area contributed by atoms with Gasteiger partial charge in [0.1, 0.15) is 11.6 Å². The molecule has 0 heterocycles. The van der Waals surface area contributed by atoms with Crippen LogP contribution in [0.15, 0.2) is 42.5 Å². The van der Waals surface area contributed by atoms with Crippen molar-refractivity contribution in [2.75, 3.05) is 7.11 Å². The number of methoxy groups -OCH3 is 1. The summed E-state index contributed by atoms with van der Waals surface area (Å²) in [6, 6.07) is 12.7. The summed E-state index contributed by atoms with van der Waals surface area (Å²) in [6.45, 7) is 2.05. The molecule has 0 bridgehead atoms. The second-order valence-corrected chi connectivity index (χ2v) is 5.21. The molecule has 4 heteroatoms. The summed E-state index contributed by atoms with van der Waals surface area (Å²) in [5.74, 6) is 6.30. The first-order valence-electron chi connectivity index (χ1n) is 6.96. The van der Waals surface area contributed by atoms with E-state index in [-0.39, 0.29) is 11.9 Å². The Hall–Kier alpha value is -1.91. The Balaban J connectivity index is 2.11. The fourth-order valence-corrected chi connectivity index (χ4v) is 2.43. The van der Waals surface area contributed by atoms with Gasteiger partial charge in [-0.3, -0.25) is 11.3 Å². The van der Waals surface area contributed by atoms with Gasteiger partial charge in [-0.25, -0.2) is 4.39 Å². The molecule has 0 saturated heterocycles. The van der Waals surface area contributed by atoms with Crippen LogP contribution in [0.4, 0.5) is 4.39 Å². The Bertz CT molecular complexity index is 584. The highest BCUT2D eigenvalue weighted by atomic mass is 19.1. The lowest BCUT2D eigenvalue weighted by Crippen LogP contribution is -2.38. The first kappa shape index (κ1) is 15.5. The molecule has 0 aliphatic heterocycles. The lowest BCUT2D eigenvalue weighted by molar-refractivity contribution is 0.404. The normalized spacial score (nSPS) is 12.2. The van der Waals surface area contributed by atoms with Crippen molar-refractivity contribution >= 4 is 0 Å². The zero-order chi connectivity index (χ0) is 15.2. The van der Waals surface area contributed by atoms with Crippen LogP contribution >= 0.6 is 0 Å². The van der Waals surface area contributed by atoms with Crippen LogP contribution in [0, 0.1) is 12.7 Å². The minimum absolute atomic E-state index is 0.0613. The van der Waals surface area contributed by atoms with Gasteiger partial charge in [0, 0.05) is 6.04 Å². The zero-order valence-electron chi connectivity index (χ0n) is 12.4. The van der Waals surface area contributed by atoms with E-state index in [0.29, 0.717) is 0 Å². The monoisotopic (exact) mass is 288 g/mol. The molecule has 21 heavy (non-hydrogen) atoms. The van der Waals surface area contributed by atoms with Crippen molar-refractivity contribution in [2.45, 2.75) is 25.8 Å². The maximum Gasteiger partial charge on any atom is 0.123 e. The van der Waals surface area contributed by atoms with E-state index in [1.807, 2.05) is 19.1 Å². The molecule has 2 aromatic carbocycles. The van der Waals surface area contributed by atoms with E-state index in [2.05, 4.69) is 11.5 Å². The Labute approximate surface area is 124 Å². The molecule has 0 aliphatic rings. The van der Waals surface area contributed by atoms with Crippen LogP contribution in [-0.4, -0.2) is 13.2 Å². The Morgan fingerprint density at radius 2 is 1.86 bits per heavy atom. The highest BCUT2D eigenvalue weighted by Gasteiger charge is 2.12. The van der Waals surface area contributed by atoms with Gasteiger partial charge in [-0.15, -0.1) is 0 Å². The van der Waals surface area contributed by atoms with Gasteiger partial charge in [0.25, 0.3) is 0 Å². The number of hydrazine groups is 1. The third kappa shape index (κ3) is 4.28. The number of nitrogens with two attached hydrogens (primary N) is 1. The van der Waals surface area contributed by atoms with Gasteiger partial charge in [-0.1, -0.05) is 29.8 Å². The summed E-state index contributed by atoms with van der Waals surface area (Å²) in [7, 11) is 1.67. The summed E-state index contributed by atoms with van der Waals surface area (Å²) in [4.78, 5) is 0. The Morgan fingerprint density at radius 1 is 1.14 bits per heavy atom. The molecule has 3 N–H and O–H groups in total. The van der Waals surface area contributed by atoms with E-state index in [9.17, 15) is 4.39 Å². The highest BCUT2D eigenvalue weighted by Crippen LogP contribution is 2.22. The van der Waals surface area contributed by atoms with Crippen LogP contribution in [0.3, 0.4) is 0 Å². The first-order chi connectivity index (χ1) is 10.1. The van der Waals surface area contributed by atoms with Crippen molar-refractivity contribution in [3.05, 3.63) is 65.0 Å². The molecular weight excluding hydrogens is 267 g/mol. The molecule has 2 rings (SSSR count). The van der Waals surface area contributed by atoms with Gasteiger partial charge in [0.2, 0.25) is 0 Å². The van der Waals surface area contributed by atoms with Crippen molar-refractivity contribution in [2.24, 2.45) is 5.84 Å². The topological polar surface area (TPSA) is 47.3 Å². The second-order valence-electron chi connectivity index (χ2n) is 5.21. The summed E-state index contributed by atoms with van der Waals surface area (Å²) < 4.78 is 18.3. The average Bonchev–Trinajstić information content (AvgIpc) is 2.49. The number of ether oxygens (including phenoxy) is 1. The molecule has 1 unspecified atom stereocenters. The van der Waals surface area contributed by atoms with Crippen LogP contribution in [0.1, 0.15) is 16.7 Å².